The average molecular weight is 427 g/mol. The second kappa shape index (κ2) is 9.41. The number of hydrogen-bond donors (Lipinski definition) is 0. The third-order valence-electron chi connectivity index (χ3n) is 6.57. The molecular formula is C22H38O4SSi. The van der Waals surface area contributed by atoms with E-state index in [1.54, 1.807) is 31.4 Å². The molecule has 0 saturated heterocycles. The van der Waals surface area contributed by atoms with Crippen LogP contribution in [0, 0.1) is 11.8 Å². The Morgan fingerprint density at radius 1 is 1.04 bits per heavy atom. The van der Waals surface area contributed by atoms with Crippen LogP contribution >= 0.6 is 0 Å². The first-order valence-electron chi connectivity index (χ1n) is 10.4. The standard InChI is InChI=1S/C22H38O4SSi/c1-22(2,3)28(5,6)26-13-12-18-14-19(17-25-4)16-21(15-18)27(23,24)20-10-8-7-9-11-20/h7-11,18-19,21H,12-17H2,1-6H3/t18?,19?,21-/m1/s1. The fraction of sp³-hybridized carbons (Fsp3) is 0.727. The molecule has 0 heterocycles. The summed E-state index contributed by atoms with van der Waals surface area (Å²) >= 11 is 0. The Labute approximate surface area is 173 Å². The molecule has 1 aliphatic rings. The quantitative estimate of drug-likeness (QED) is 0.529. The summed E-state index contributed by atoms with van der Waals surface area (Å²) in [7, 11) is -3.38. The zero-order chi connectivity index (χ0) is 21.0. The maximum absolute atomic E-state index is 13.2. The highest BCUT2D eigenvalue weighted by atomic mass is 32.2. The molecule has 1 saturated carbocycles. The number of rotatable bonds is 8. The molecule has 1 fully saturated rings. The molecule has 1 aromatic carbocycles. The van der Waals surface area contributed by atoms with Gasteiger partial charge in [0.15, 0.2) is 18.2 Å². The van der Waals surface area contributed by atoms with E-state index in [0.717, 1.165) is 25.9 Å². The molecule has 160 valence electrons. The summed E-state index contributed by atoms with van der Waals surface area (Å²) in [5, 5.41) is -0.140. The van der Waals surface area contributed by atoms with Crippen molar-refractivity contribution < 1.29 is 17.6 Å². The van der Waals surface area contributed by atoms with E-state index in [-0.39, 0.29) is 10.3 Å². The highest BCUT2D eigenvalue weighted by Crippen LogP contribution is 2.39. The van der Waals surface area contributed by atoms with Crippen molar-refractivity contribution in [1.82, 2.24) is 0 Å². The van der Waals surface area contributed by atoms with Crippen LogP contribution in [0.15, 0.2) is 35.2 Å². The lowest BCUT2D eigenvalue weighted by atomic mass is 9.80. The Morgan fingerprint density at radius 2 is 1.64 bits per heavy atom. The molecule has 0 spiro atoms. The summed E-state index contributed by atoms with van der Waals surface area (Å²) in [6.45, 7) is 12.6. The smallest absolute Gasteiger partial charge is 0.191 e. The van der Waals surface area contributed by atoms with Gasteiger partial charge in [-0.2, -0.15) is 0 Å². The summed E-state index contributed by atoms with van der Waals surface area (Å²) in [6, 6.07) is 8.88. The summed E-state index contributed by atoms with van der Waals surface area (Å²) < 4.78 is 38.1. The maximum Gasteiger partial charge on any atom is 0.191 e. The monoisotopic (exact) mass is 426 g/mol. The van der Waals surface area contributed by atoms with E-state index in [9.17, 15) is 8.42 Å². The largest absolute Gasteiger partial charge is 0.417 e. The maximum atomic E-state index is 13.2. The normalized spacial score (nSPS) is 24.3. The van der Waals surface area contributed by atoms with Crippen LogP contribution in [0.4, 0.5) is 0 Å². The molecule has 0 amide bonds. The van der Waals surface area contributed by atoms with E-state index in [1.807, 2.05) is 6.07 Å². The minimum atomic E-state index is -3.31. The van der Waals surface area contributed by atoms with E-state index in [1.165, 1.54) is 0 Å². The van der Waals surface area contributed by atoms with Crippen molar-refractivity contribution in [1.29, 1.82) is 0 Å². The fourth-order valence-corrected chi connectivity index (χ4v) is 6.90. The molecule has 6 heteroatoms. The van der Waals surface area contributed by atoms with Crippen molar-refractivity contribution >= 4 is 18.2 Å². The van der Waals surface area contributed by atoms with Crippen LogP contribution in [0.2, 0.25) is 18.1 Å². The molecule has 0 radical (unpaired) electrons. The summed E-state index contributed by atoms with van der Waals surface area (Å²) in [4.78, 5) is 0.439. The number of ether oxygens (including phenoxy) is 1. The molecule has 0 aliphatic heterocycles. The van der Waals surface area contributed by atoms with Crippen molar-refractivity contribution in [3.05, 3.63) is 30.3 Å². The second-order valence-electron chi connectivity index (χ2n) is 9.77. The first kappa shape index (κ1) is 23.6. The van der Waals surface area contributed by atoms with Crippen molar-refractivity contribution in [3.63, 3.8) is 0 Å². The third-order valence-corrected chi connectivity index (χ3v) is 13.3. The SMILES string of the molecule is COCC1CC(CCO[Si](C)(C)C(C)(C)C)C[C@@H](S(=O)(=O)c2ccccc2)C1. The minimum absolute atomic E-state index is 0.192. The second-order valence-corrected chi connectivity index (χ2v) is 16.8. The lowest BCUT2D eigenvalue weighted by Gasteiger charge is -2.38. The van der Waals surface area contributed by atoms with Crippen molar-refractivity contribution in [2.45, 2.75) is 74.7 Å². The van der Waals surface area contributed by atoms with Gasteiger partial charge in [0.1, 0.15) is 0 Å². The topological polar surface area (TPSA) is 52.6 Å². The van der Waals surface area contributed by atoms with Gasteiger partial charge >= 0.3 is 0 Å². The zero-order valence-electron chi connectivity index (χ0n) is 18.4. The number of hydrogen-bond acceptors (Lipinski definition) is 4. The van der Waals surface area contributed by atoms with Crippen molar-refractivity contribution in [2.75, 3.05) is 20.3 Å². The molecule has 1 aliphatic carbocycles. The number of sulfone groups is 1. The molecule has 0 N–H and O–H groups in total. The molecule has 0 aromatic heterocycles. The van der Waals surface area contributed by atoms with Gasteiger partial charge in [-0.05, 0) is 67.8 Å². The Kier molecular flexibility index (Phi) is 7.93. The summed E-state index contributed by atoms with van der Waals surface area (Å²) in [6.07, 6.45) is 3.35. The molecule has 3 atom stereocenters. The van der Waals surface area contributed by atoms with Crippen LogP contribution < -0.4 is 0 Å². The highest BCUT2D eigenvalue weighted by Gasteiger charge is 2.39. The molecule has 1 aromatic rings. The number of methoxy groups -OCH3 is 1. The molecule has 2 rings (SSSR count). The van der Waals surface area contributed by atoms with Crippen LogP contribution in [0.1, 0.15) is 46.5 Å². The first-order chi connectivity index (χ1) is 13.0. The molecule has 4 nitrogen and oxygen atoms in total. The van der Waals surface area contributed by atoms with Crippen LogP contribution in [0.25, 0.3) is 0 Å². The van der Waals surface area contributed by atoms with E-state index in [0.29, 0.717) is 29.8 Å². The van der Waals surface area contributed by atoms with Gasteiger partial charge < -0.3 is 9.16 Å². The third kappa shape index (κ3) is 5.91. The van der Waals surface area contributed by atoms with Gasteiger partial charge in [0.2, 0.25) is 0 Å². The van der Waals surface area contributed by atoms with Crippen molar-refractivity contribution in [3.8, 4) is 0 Å². The van der Waals surface area contributed by atoms with E-state index in [2.05, 4.69) is 33.9 Å². The van der Waals surface area contributed by atoms with Gasteiger partial charge in [-0.3, -0.25) is 0 Å². The van der Waals surface area contributed by atoms with E-state index < -0.39 is 18.2 Å². The van der Waals surface area contributed by atoms with Gasteiger partial charge in [-0.25, -0.2) is 8.42 Å². The minimum Gasteiger partial charge on any atom is -0.417 e. The van der Waals surface area contributed by atoms with Gasteiger partial charge in [0, 0.05) is 20.3 Å². The van der Waals surface area contributed by atoms with Gasteiger partial charge in [0.25, 0.3) is 0 Å². The van der Waals surface area contributed by atoms with Crippen LogP contribution in [0.3, 0.4) is 0 Å². The predicted octanol–water partition coefficient (Wildman–Crippen LogP) is 5.30. The Hall–Kier alpha value is -0.693. The van der Waals surface area contributed by atoms with E-state index >= 15 is 0 Å². The van der Waals surface area contributed by atoms with Gasteiger partial charge in [-0.1, -0.05) is 39.0 Å². The fourth-order valence-electron chi connectivity index (χ4n) is 3.86. The molecule has 28 heavy (non-hydrogen) atoms. The van der Waals surface area contributed by atoms with E-state index in [4.69, 9.17) is 9.16 Å². The van der Waals surface area contributed by atoms with Gasteiger partial charge in [0.05, 0.1) is 10.1 Å². The lowest BCUT2D eigenvalue weighted by molar-refractivity contribution is 0.108. The highest BCUT2D eigenvalue weighted by molar-refractivity contribution is 7.92. The molecule has 0 bridgehead atoms. The lowest BCUT2D eigenvalue weighted by Crippen LogP contribution is -2.41. The summed E-state index contributed by atoms with van der Waals surface area (Å²) in [5.74, 6) is 0.655. The average Bonchev–Trinajstić information content (AvgIpc) is 2.61. The Morgan fingerprint density at radius 3 is 2.21 bits per heavy atom. The molecular weight excluding hydrogens is 388 g/mol. The van der Waals surface area contributed by atoms with Crippen LogP contribution in [-0.4, -0.2) is 42.3 Å². The Balaban J connectivity index is 2.07. The van der Waals surface area contributed by atoms with Crippen LogP contribution in [0.5, 0.6) is 0 Å². The summed E-state index contributed by atoms with van der Waals surface area (Å²) in [5.41, 5.74) is 0. The first-order valence-corrected chi connectivity index (χ1v) is 14.8. The predicted molar refractivity (Wildman–Crippen MR) is 118 cm³/mol. The van der Waals surface area contributed by atoms with Crippen molar-refractivity contribution in [2.24, 2.45) is 11.8 Å². The number of benzene rings is 1. The molecule has 2 unspecified atom stereocenters. The van der Waals surface area contributed by atoms with Gasteiger partial charge in [-0.15, -0.1) is 0 Å². The Bertz CT molecular complexity index is 710. The zero-order valence-corrected chi connectivity index (χ0v) is 20.2. The van der Waals surface area contributed by atoms with Crippen LogP contribution in [-0.2, 0) is 19.0 Å².